The Kier molecular flexibility index (Phi) is 8.75. The van der Waals surface area contributed by atoms with E-state index in [0.717, 1.165) is 22.3 Å². The maximum absolute atomic E-state index is 11.8. The van der Waals surface area contributed by atoms with Gasteiger partial charge < -0.3 is 11.5 Å². The van der Waals surface area contributed by atoms with Gasteiger partial charge in [-0.15, -0.1) is 0 Å². The van der Waals surface area contributed by atoms with Crippen molar-refractivity contribution in [2.75, 3.05) is 0 Å². The molecule has 0 saturated carbocycles. The van der Waals surface area contributed by atoms with Gasteiger partial charge in [0.15, 0.2) is 5.78 Å². The lowest BCUT2D eigenvalue weighted by atomic mass is 9.95. The first-order valence-corrected chi connectivity index (χ1v) is 7.99. The number of primary amides is 1. The van der Waals surface area contributed by atoms with Gasteiger partial charge in [0.2, 0.25) is 6.41 Å². The van der Waals surface area contributed by atoms with Crippen LogP contribution in [-0.4, -0.2) is 12.2 Å². The lowest BCUT2D eigenvalue weighted by molar-refractivity contribution is -0.106. The Hall–Kier alpha value is -2.85. The third kappa shape index (κ3) is 6.65. The Bertz CT molecular complexity index is 769. The molecule has 0 aliphatic heterocycles. The van der Waals surface area contributed by atoms with Crippen molar-refractivity contribution in [3.05, 3.63) is 83.0 Å². The summed E-state index contributed by atoms with van der Waals surface area (Å²) in [4.78, 5) is 20.4. The molecule has 0 bridgehead atoms. The summed E-state index contributed by atoms with van der Waals surface area (Å²) in [5.74, 6) is 0.0495. The molecule has 5 heteroatoms. The molecule has 4 N–H and O–H groups in total. The Morgan fingerprint density at radius 2 is 1.72 bits per heavy atom. The maximum atomic E-state index is 11.8. The predicted octanol–water partition coefficient (Wildman–Crippen LogP) is 3.80. The summed E-state index contributed by atoms with van der Waals surface area (Å²) >= 11 is 6.03. The van der Waals surface area contributed by atoms with Crippen LogP contribution in [0, 0.1) is 0 Å². The van der Waals surface area contributed by atoms with Gasteiger partial charge >= 0.3 is 0 Å². The summed E-state index contributed by atoms with van der Waals surface area (Å²) in [6, 6.07) is 16.0. The number of carbonyl (C=O) groups excluding carboxylic acids is 2. The van der Waals surface area contributed by atoms with Crippen LogP contribution in [0.1, 0.15) is 22.8 Å². The molecule has 130 valence electrons. The van der Waals surface area contributed by atoms with Gasteiger partial charge in [-0.05, 0) is 42.3 Å². The van der Waals surface area contributed by atoms with Crippen LogP contribution >= 0.6 is 11.6 Å². The molecule has 0 aliphatic carbocycles. The Labute approximate surface area is 152 Å². The van der Waals surface area contributed by atoms with Crippen molar-refractivity contribution >= 4 is 23.8 Å². The van der Waals surface area contributed by atoms with E-state index in [1.165, 1.54) is 6.20 Å². The second kappa shape index (κ2) is 10.8. The van der Waals surface area contributed by atoms with Crippen molar-refractivity contribution in [2.24, 2.45) is 11.5 Å². The number of halogens is 1. The van der Waals surface area contributed by atoms with Gasteiger partial charge in [0.05, 0.1) is 0 Å². The normalized spacial score (nSPS) is 10.9. The van der Waals surface area contributed by atoms with Gasteiger partial charge in [0.25, 0.3) is 0 Å². The SMILES string of the molecule is CC(=O)c1ccc(-c2ccccc2)cc1C/C=C(Cl)\C=C/N.NC=O. The fourth-order valence-corrected chi connectivity index (χ4v) is 2.43. The molecule has 4 nitrogen and oxygen atoms in total. The molecule has 0 radical (unpaired) electrons. The highest BCUT2D eigenvalue weighted by molar-refractivity contribution is 6.31. The molecule has 0 saturated heterocycles. The van der Waals surface area contributed by atoms with Crippen molar-refractivity contribution in [3.63, 3.8) is 0 Å². The minimum Gasteiger partial charge on any atom is -0.405 e. The number of carbonyl (C=O) groups is 2. The number of ketones is 1. The molecule has 0 aromatic heterocycles. The molecular weight excluding hydrogens is 336 g/mol. The van der Waals surface area contributed by atoms with Crippen LogP contribution in [0.5, 0.6) is 0 Å². The van der Waals surface area contributed by atoms with E-state index < -0.39 is 0 Å². The first-order valence-electron chi connectivity index (χ1n) is 7.62. The van der Waals surface area contributed by atoms with Crippen LogP contribution in [0.4, 0.5) is 0 Å². The lowest BCUT2D eigenvalue weighted by Crippen LogP contribution is -1.99. The van der Waals surface area contributed by atoms with Gasteiger partial charge in [0, 0.05) is 10.6 Å². The van der Waals surface area contributed by atoms with E-state index in [0.29, 0.717) is 11.5 Å². The third-order valence-electron chi connectivity index (χ3n) is 3.36. The van der Waals surface area contributed by atoms with Crippen LogP contribution in [-0.2, 0) is 11.2 Å². The summed E-state index contributed by atoms with van der Waals surface area (Å²) in [5, 5.41) is 0.558. The fraction of sp³-hybridized carbons (Fsp3) is 0.100. The zero-order chi connectivity index (χ0) is 18.7. The average molecular weight is 357 g/mol. The van der Waals surface area contributed by atoms with Gasteiger partial charge in [-0.3, -0.25) is 9.59 Å². The number of benzene rings is 2. The van der Waals surface area contributed by atoms with E-state index in [1.807, 2.05) is 54.6 Å². The third-order valence-corrected chi connectivity index (χ3v) is 3.64. The van der Waals surface area contributed by atoms with E-state index in [2.05, 4.69) is 5.73 Å². The second-order valence-corrected chi connectivity index (χ2v) is 5.52. The average Bonchev–Trinajstić information content (AvgIpc) is 2.61. The van der Waals surface area contributed by atoms with Gasteiger partial charge in [-0.1, -0.05) is 66.2 Å². The topological polar surface area (TPSA) is 86.2 Å². The summed E-state index contributed by atoms with van der Waals surface area (Å²) < 4.78 is 0. The molecule has 0 spiro atoms. The van der Waals surface area contributed by atoms with Gasteiger partial charge in [0.1, 0.15) is 0 Å². The molecular formula is C20H21ClN2O2. The summed E-state index contributed by atoms with van der Waals surface area (Å²) in [6.07, 6.45) is 5.70. The Morgan fingerprint density at radius 1 is 1.08 bits per heavy atom. The van der Waals surface area contributed by atoms with Gasteiger partial charge in [-0.25, -0.2) is 0 Å². The highest BCUT2D eigenvalue weighted by atomic mass is 35.5. The zero-order valence-electron chi connectivity index (χ0n) is 14.0. The van der Waals surface area contributed by atoms with Crippen molar-refractivity contribution in [3.8, 4) is 11.1 Å². The fourth-order valence-electron chi connectivity index (χ4n) is 2.28. The van der Waals surface area contributed by atoms with Crippen LogP contribution in [0.2, 0.25) is 0 Å². The molecule has 1 amide bonds. The summed E-state index contributed by atoms with van der Waals surface area (Å²) in [5.41, 5.74) is 13.4. The minimum atomic E-state index is 0.0495. The quantitative estimate of drug-likeness (QED) is 0.485. The van der Waals surface area contributed by atoms with E-state index in [9.17, 15) is 4.79 Å². The zero-order valence-corrected chi connectivity index (χ0v) is 14.7. The van der Waals surface area contributed by atoms with E-state index in [4.69, 9.17) is 22.1 Å². The standard InChI is InChI=1S/C19H18ClNO.CH3NO/c1-14(22)19-10-8-16(15-5-3-2-4-6-15)13-17(19)7-9-18(20)11-12-21;2-1-3/h2-6,8-13H,7,21H2,1H3;1H,(H2,2,3)/b12-11-,18-9+;. The highest BCUT2D eigenvalue weighted by Crippen LogP contribution is 2.24. The monoisotopic (exact) mass is 356 g/mol. The summed E-state index contributed by atoms with van der Waals surface area (Å²) in [6.45, 7) is 1.58. The molecule has 25 heavy (non-hydrogen) atoms. The van der Waals surface area contributed by atoms with E-state index in [-0.39, 0.29) is 12.2 Å². The smallest absolute Gasteiger partial charge is 0.204 e. The Balaban J connectivity index is 0.000000970. The number of hydrogen-bond donors (Lipinski definition) is 2. The first kappa shape index (κ1) is 20.2. The van der Waals surface area contributed by atoms with Crippen LogP contribution in [0.25, 0.3) is 11.1 Å². The minimum absolute atomic E-state index is 0.0495. The largest absolute Gasteiger partial charge is 0.405 e. The van der Waals surface area contributed by atoms with Crippen LogP contribution in [0.3, 0.4) is 0 Å². The maximum Gasteiger partial charge on any atom is 0.204 e. The molecule has 0 unspecified atom stereocenters. The molecule has 0 aliphatic rings. The number of Topliss-reactive ketones (excluding diaryl/α,β-unsaturated/α-hetero) is 1. The Morgan fingerprint density at radius 3 is 2.28 bits per heavy atom. The van der Waals surface area contributed by atoms with Crippen LogP contribution in [0.15, 0.2) is 71.9 Å². The molecule has 2 aromatic rings. The predicted molar refractivity (Wildman–Crippen MR) is 103 cm³/mol. The van der Waals surface area contributed by atoms with Gasteiger partial charge in [-0.2, -0.15) is 0 Å². The molecule has 0 fully saturated rings. The number of amides is 1. The molecule has 2 rings (SSSR count). The van der Waals surface area contributed by atoms with E-state index in [1.54, 1.807) is 13.0 Å². The molecule has 0 heterocycles. The van der Waals surface area contributed by atoms with Crippen molar-refractivity contribution in [2.45, 2.75) is 13.3 Å². The number of hydrogen-bond acceptors (Lipinski definition) is 3. The second-order valence-electron chi connectivity index (χ2n) is 5.08. The summed E-state index contributed by atoms with van der Waals surface area (Å²) in [7, 11) is 0. The highest BCUT2D eigenvalue weighted by Gasteiger charge is 2.08. The van der Waals surface area contributed by atoms with Crippen molar-refractivity contribution in [1.29, 1.82) is 0 Å². The molecule has 0 atom stereocenters. The van der Waals surface area contributed by atoms with Crippen molar-refractivity contribution < 1.29 is 9.59 Å². The van der Waals surface area contributed by atoms with E-state index >= 15 is 0 Å². The van der Waals surface area contributed by atoms with Crippen molar-refractivity contribution in [1.82, 2.24) is 0 Å². The number of allylic oxidation sites excluding steroid dienone is 3. The first-order chi connectivity index (χ1) is 12.0. The number of nitrogens with two attached hydrogens (primary N) is 2. The van der Waals surface area contributed by atoms with Crippen LogP contribution < -0.4 is 11.5 Å². The lowest BCUT2D eigenvalue weighted by Gasteiger charge is -2.09. The number of rotatable bonds is 5. The molecule has 2 aromatic carbocycles.